The fraction of sp³-hybridized carbons (Fsp3) is 0.455. The summed E-state index contributed by atoms with van der Waals surface area (Å²) in [7, 11) is -6.57. The SMILES string of the molecule is CCCCCS(=O)(=O)c1ccc(-c2cccc(S(=O)(=O)CCCCC)c2)cc1. The minimum Gasteiger partial charge on any atom is -0.224 e. The molecule has 0 aliphatic heterocycles. The molecule has 0 heterocycles. The van der Waals surface area contributed by atoms with Crippen molar-refractivity contribution in [2.45, 2.75) is 62.2 Å². The fourth-order valence-electron chi connectivity index (χ4n) is 3.04. The normalized spacial score (nSPS) is 12.2. The van der Waals surface area contributed by atoms with Crippen LogP contribution >= 0.6 is 0 Å². The molecular formula is C22H30O4S2. The first kappa shape index (κ1) is 22.6. The van der Waals surface area contributed by atoms with Crippen LogP contribution in [0.25, 0.3) is 11.1 Å². The molecule has 0 N–H and O–H groups in total. The minimum absolute atomic E-state index is 0.152. The van der Waals surface area contributed by atoms with E-state index >= 15 is 0 Å². The van der Waals surface area contributed by atoms with Gasteiger partial charge in [0.2, 0.25) is 0 Å². The maximum Gasteiger partial charge on any atom is 0.178 e. The topological polar surface area (TPSA) is 68.3 Å². The summed E-state index contributed by atoms with van der Waals surface area (Å²) in [6, 6.07) is 13.6. The molecule has 2 rings (SSSR count). The van der Waals surface area contributed by atoms with Crippen LogP contribution in [0.1, 0.15) is 52.4 Å². The Morgan fingerprint density at radius 3 is 1.68 bits per heavy atom. The van der Waals surface area contributed by atoms with E-state index in [9.17, 15) is 16.8 Å². The van der Waals surface area contributed by atoms with Crippen molar-refractivity contribution in [1.29, 1.82) is 0 Å². The molecule has 0 aliphatic rings. The third kappa shape index (κ3) is 6.17. The van der Waals surface area contributed by atoms with Gasteiger partial charge in [0.25, 0.3) is 0 Å². The van der Waals surface area contributed by atoms with Gasteiger partial charge in [0, 0.05) is 0 Å². The lowest BCUT2D eigenvalue weighted by Crippen LogP contribution is -2.07. The first-order valence-corrected chi connectivity index (χ1v) is 13.3. The van der Waals surface area contributed by atoms with Gasteiger partial charge in [0.1, 0.15) is 0 Å². The lowest BCUT2D eigenvalue weighted by molar-refractivity contribution is 0.589. The van der Waals surface area contributed by atoms with Crippen molar-refractivity contribution in [1.82, 2.24) is 0 Å². The molecule has 154 valence electrons. The molecule has 0 radical (unpaired) electrons. The van der Waals surface area contributed by atoms with Crippen LogP contribution in [-0.2, 0) is 19.7 Å². The summed E-state index contributed by atoms with van der Waals surface area (Å²) >= 11 is 0. The van der Waals surface area contributed by atoms with Gasteiger partial charge in [-0.05, 0) is 48.2 Å². The molecule has 4 nitrogen and oxygen atoms in total. The van der Waals surface area contributed by atoms with Crippen LogP contribution in [0, 0.1) is 0 Å². The maximum atomic E-state index is 12.5. The summed E-state index contributed by atoms with van der Waals surface area (Å²) in [5.41, 5.74) is 1.57. The van der Waals surface area contributed by atoms with E-state index < -0.39 is 19.7 Å². The first-order valence-electron chi connectivity index (χ1n) is 9.96. The van der Waals surface area contributed by atoms with Crippen molar-refractivity contribution in [3.05, 3.63) is 48.5 Å². The van der Waals surface area contributed by atoms with E-state index in [1.165, 1.54) is 0 Å². The molecule has 0 amide bonds. The second kappa shape index (κ2) is 10.2. The lowest BCUT2D eigenvalue weighted by atomic mass is 10.1. The van der Waals surface area contributed by atoms with E-state index in [-0.39, 0.29) is 11.5 Å². The Balaban J connectivity index is 2.20. The van der Waals surface area contributed by atoms with Gasteiger partial charge in [0.15, 0.2) is 19.7 Å². The monoisotopic (exact) mass is 422 g/mol. The maximum absolute atomic E-state index is 12.5. The third-order valence-electron chi connectivity index (χ3n) is 4.77. The van der Waals surface area contributed by atoms with Gasteiger partial charge < -0.3 is 0 Å². The zero-order chi connectivity index (χ0) is 20.6. The fourth-order valence-corrected chi connectivity index (χ4v) is 5.83. The Kier molecular flexibility index (Phi) is 8.25. The van der Waals surface area contributed by atoms with Crippen molar-refractivity contribution in [2.24, 2.45) is 0 Å². The molecule has 6 heteroatoms. The highest BCUT2D eigenvalue weighted by Crippen LogP contribution is 2.25. The van der Waals surface area contributed by atoms with Crippen molar-refractivity contribution in [2.75, 3.05) is 11.5 Å². The van der Waals surface area contributed by atoms with E-state index in [0.717, 1.165) is 36.8 Å². The summed E-state index contributed by atoms with van der Waals surface area (Å²) in [4.78, 5) is 0.632. The number of sulfone groups is 2. The third-order valence-corrected chi connectivity index (χ3v) is 8.39. The van der Waals surface area contributed by atoms with Crippen LogP contribution in [0.4, 0.5) is 0 Å². The zero-order valence-corrected chi connectivity index (χ0v) is 18.4. The zero-order valence-electron chi connectivity index (χ0n) is 16.7. The van der Waals surface area contributed by atoms with Gasteiger partial charge in [-0.2, -0.15) is 0 Å². The Hall–Kier alpha value is -1.66. The lowest BCUT2D eigenvalue weighted by Gasteiger charge is -2.09. The molecule has 2 aromatic rings. The average Bonchev–Trinajstić information content (AvgIpc) is 2.68. The summed E-state index contributed by atoms with van der Waals surface area (Å²) in [6.45, 7) is 4.08. The first-order chi connectivity index (χ1) is 13.3. The van der Waals surface area contributed by atoms with Crippen molar-refractivity contribution >= 4 is 19.7 Å². The van der Waals surface area contributed by atoms with E-state index in [0.29, 0.717) is 22.6 Å². The number of hydrogen-bond donors (Lipinski definition) is 0. The second-order valence-corrected chi connectivity index (χ2v) is 11.3. The molecule has 0 spiro atoms. The van der Waals surface area contributed by atoms with Crippen LogP contribution in [0.2, 0.25) is 0 Å². The molecule has 0 fully saturated rings. The number of benzene rings is 2. The van der Waals surface area contributed by atoms with Crippen LogP contribution in [0.3, 0.4) is 0 Å². The molecule has 0 aliphatic carbocycles. The average molecular weight is 423 g/mol. The smallest absolute Gasteiger partial charge is 0.178 e. The number of hydrogen-bond acceptors (Lipinski definition) is 4. The summed E-state index contributed by atoms with van der Waals surface area (Å²) < 4.78 is 49.8. The molecule has 28 heavy (non-hydrogen) atoms. The summed E-state index contributed by atoms with van der Waals surface area (Å²) in [5, 5.41) is 0. The van der Waals surface area contributed by atoms with Crippen molar-refractivity contribution in [3.8, 4) is 11.1 Å². The molecule has 0 atom stereocenters. The van der Waals surface area contributed by atoms with Crippen LogP contribution in [-0.4, -0.2) is 28.3 Å². The molecular weight excluding hydrogens is 392 g/mol. The standard InChI is InChI=1S/C22H30O4S2/c1-3-5-7-16-27(23,24)21-14-12-19(13-15-21)20-10-9-11-22(18-20)28(25,26)17-8-6-4-2/h9-15,18H,3-8,16-17H2,1-2H3. The minimum atomic E-state index is -3.30. The number of rotatable bonds is 11. The van der Waals surface area contributed by atoms with E-state index in [4.69, 9.17) is 0 Å². The molecule has 0 saturated carbocycles. The van der Waals surface area contributed by atoms with Gasteiger partial charge in [0.05, 0.1) is 21.3 Å². The Bertz CT molecular complexity index is 960. The van der Waals surface area contributed by atoms with Crippen LogP contribution in [0.5, 0.6) is 0 Å². The highest BCUT2D eigenvalue weighted by molar-refractivity contribution is 7.91. The van der Waals surface area contributed by atoms with Crippen LogP contribution in [0.15, 0.2) is 58.3 Å². The van der Waals surface area contributed by atoms with Gasteiger partial charge in [-0.3, -0.25) is 0 Å². The van der Waals surface area contributed by atoms with E-state index in [1.54, 1.807) is 42.5 Å². The molecule has 0 unspecified atom stereocenters. The summed E-state index contributed by atoms with van der Waals surface area (Å²) in [6.07, 6.45) is 5.07. The molecule has 0 aromatic heterocycles. The second-order valence-electron chi connectivity index (χ2n) is 7.10. The highest BCUT2D eigenvalue weighted by atomic mass is 32.2. The van der Waals surface area contributed by atoms with Gasteiger partial charge in [-0.1, -0.05) is 63.8 Å². The van der Waals surface area contributed by atoms with Crippen molar-refractivity contribution in [3.63, 3.8) is 0 Å². The van der Waals surface area contributed by atoms with E-state index in [2.05, 4.69) is 0 Å². The molecule has 0 bridgehead atoms. The summed E-state index contributed by atoms with van der Waals surface area (Å²) in [5.74, 6) is 0.310. The quantitative estimate of drug-likeness (QED) is 0.462. The predicted octanol–water partition coefficient (Wildman–Crippen LogP) is 5.28. The van der Waals surface area contributed by atoms with Gasteiger partial charge in [-0.15, -0.1) is 0 Å². The Morgan fingerprint density at radius 2 is 1.14 bits per heavy atom. The van der Waals surface area contributed by atoms with E-state index in [1.807, 2.05) is 19.9 Å². The van der Waals surface area contributed by atoms with Crippen LogP contribution < -0.4 is 0 Å². The molecule has 2 aromatic carbocycles. The Labute approximate surface area is 169 Å². The number of unbranched alkanes of at least 4 members (excludes halogenated alkanes) is 4. The van der Waals surface area contributed by atoms with Gasteiger partial charge >= 0.3 is 0 Å². The highest BCUT2D eigenvalue weighted by Gasteiger charge is 2.16. The van der Waals surface area contributed by atoms with Crippen molar-refractivity contribution < 1.29 is 16.8 Å². The Morgan fingerprint density at radius 1 is 0.607 bits per heavy atom. The largest absolute Gasteiger partial charge is 0.224 e. The van der Waals surface area contributed by atoms with Gasteiger partial charge in [-0.25, -0.2) is 16.8 Å². The molecule has 0 saturated heterocycles. The predicted molar refractivity (Wildman–Crippen MR) is 115 cm³/mol.